The van der Waals surface area contributed by atoms with Crippen LogP contribution >= 0.6 is 11.8 Å². The molecule has 0 saturated carbocycles. The molecule has 3 rings (SSSR count). The third-order valence-electron chi connectivity index (χ3n) is 5.20. The second-order valence-electron chi connectivity index (χ2n) is 8.04. The molecule has 0 radical (unpaired) electrons. The Balaban J connectivity index is 1.84. The summed E-state index contributed by atoms with van der Waals surface area (Å²) < 4.78 is 16.8. The first kappa shape index (κ1) is 24.1. The quantitative estimate of drug-likeness (QED) is 0.530. The number of aliphatic hydroxyl groups excluding tert-OH is 1. The molecule has 1 aromatic carbocycles. The molecule has 7 nitrogen and oxygen atoms in total. The van der Waals surface area contributed by atoms with Gasteiger partial charge in [-0.25, -0.2) is 0 Å². The maximum absolute atomic E-state index is 10.5. The van der Waals surface area contributed by atoms with E-state index in [1.54, 1.807) is 7.11 Å². The number of nitrogens with zero attached hydrogens (tertiary/aromatic N) is 3. The molecule has 0 bridgehead atoms. The van der Waals surface area contributed by atoms with Crippen LogP contribution < -0.4 is 4.90 Å². The molecule has 0 spiro atoms. The summed E-state index contributed by atoms with van der Waals surface area (Å²) in [5.41, 5.74) is 2.96. The number of thioether (sulfide) groups is 1. The fourth-order valence-corrected chi connectivity index (χ4v) is 4.52. The third kappa shape index (κ3) is 7.22. The van der Waals surface area contributed by atoms with Crippen LogP contribution in [0.2, 0.25) is 0 Å². The minimum Gasteiger partial charge on any atom is -0.389 e. The Bertz CT molecular complexity index is 765. The van der Waals surface area contributed by atoms with Crippen molar-refractivity contribution >= 4 is 17.6 Å². The molecule has 0 aliphatic carbocycles. The zero-order chi connectivity index (χ0) is 22.1. The SMILES string of the molecule is COCCN(Cc1c(-c2ccccc2)noc1N1CCSCC1)C[C@@H](O)COC(C)C. The Morgan fingerprint density at radius 2 is 1.97 bits per heavy atom. The van der Waals surface area contributed by atoms with Gasteiger partial charge in [0.05, 0.1) is 31.0 Å². The fraction of sp³-hybridized carbons (Fsp3) is 0.609. The van der Waals surface area contributed by atoms with Crippen molar-refractivity contribution in [3.63, 3.8) is 0 Å². The van der Waals surface area contributed by atoms with Crippen molar-refractivity contribution in [3.05, 3.63) is 35.9 Å². The molecule has 1 atom stereocenters. The number of hydrogen-bond donors (Lipinski definition) is 1. The van der Waals surface area contributed by atoms with Crippen molar-refractivity contribution in [2.45, 2.75) is 32.6 Å². The normalized spacial score (nSPS) is 15.7. The van der Waals surface area contributed by atoms with Gasteiger partial charge in [0.2, 0.25) is 5.88 Å². The van der Waals surface area contributed by atoms with Crippen LogP contribution in [-0.2, 0) is 16.0 Å². The first-order valence-electron chi connectivity index (χ1n) is 11.0. The Kier molecular flexibility index (Phi) is 9.67. The van der Waals surface area contributed by atoms with E-state index >= 15 is 0 Å². The van der Waals surface area contributed by atoms with E-state index in [9.17, 15) is 5.11 Å². The molecule has 2 aromatic rings. The number of aliphatic hydroxyl groups is 1. The number of methoxy groups -OCH3 is 1. The van der Waals surface area contributed by atoms with Crippen molar-refractivity contribution in [3.8, 4) is 11.3 Å². The molecule has 1 aromatic heterocycles. The fourth-order valence-electron chi connectivity index (χ4n) is 3.61. The number of aromatic nitrogens is 1. The molecule has 31 heavy (non-hydrogen) atoms. The van der Waals surface area contributed by atoms with Crippen LogP contribution in [0.4, 0.5) is 5.88 Å². The van der Waals surface area contributed by atoms with Gasteiger partial charge in [0.25, 0.3) is 0 Å². The molecule has 2 heterocycles. The average Bonchev–Trinajstić information content (AvgIpc) is 3.20. The van der Waals surface area contributed by atoms with Crippen molar-refractivity contribution in [2.75, 3.05) is 62.9 Å². The summed E-state index contributed by atoms with van der Waals surface area (Å²) in [6.45, 7) is 8.55. The van der Waals surface area contributed by atoms with Gasteiger partial charge in [0.1, 0.15) is 5.69 Å². The lowest BCUT2D eigenvalue weighted by Crippen LogP contribution is -2.38. The van der Waals surface area contributed by atoms with Gasteiger partial charge in [0.15, 0.2) is 0 Å². The highest BCUT2D eigenvalue weighted by atomic mass is 32.2. The summed E-state index contributed by atoms with van der Waals surface area (Å²) in [5.74, 6) is 3.01. The summed E-state index contributed by atoms with van der Waals surface area (Å²) in [6, 6.07) is 10.1. The van der Waals surface area contributed by atoms with Gasteiger partial charge < -0.3 is 24.0 Å². The van der Waals surface area contributed by atoms with Crippen molar-refractivity contribution in [2.24, 2.45) is 0 Å². The predicted octanol–water partition coefficient (Wildman–Crippen LogP) is 3.13. The van der Waals surface area contributed by atoms with Gasteiger partial charge in [-0.2, -0.15) is 11.8 Å². The van der Waals surface area contributed by atoms with Gasteiger partial charge in [-0.05, 0) is 13.8 Å². The molecule has 1 saturated heterocycles. The third-order valence-corrected chi connectivity index (χ3v) is 6.14. The highest BCUT2D eigenvalue weighted by Gasteiger charge is 2.26. The van der Waals surface area contributed by atoms with Crippen LogP contribution in [0.1, 0.15) is 19.4 Å². The molecule has 8 heteroatoms. The molecule has 1 N–H and O–H groups in total. The van der Waals surface area contributed by atoms with Gasteiger partial charge >= 0.3 is 0 Å². The summed E-state index contributed by atoms with van der Waals surface area (Å²) in [5, 5.41) is 15.0. The van der Waals surface area contributed by atoms with Crippen LogP contribution in [0.15, 0.2) is 34.9 Å². The van der Waals surface area contributed by atoms with Gasteiger partial charge in [0, 0.05) is 56.9 Å². The van der Waals surface area contributed by atoms with Gasteiger partial charge in [-0.3, -0.25) is 4.90 Å². The summed E-state index contributed by atoms with van der Waals surface area (Å²) in [6.07, 6.45) is -0.484. The van der Waals surface area contributed by atoms with Crippen LogP contribution in [0.5, 0.6) is 0 Å². The van der Waals surface area contributed by atoms with Crippen molar-refractivity contribution < 1.29 is 19.1 Å². The van der Waals surface area contributed by atoms with Crippen LogP contribution in [0.25, 0.3) is 11.3 Å². The molecule has 172 valence electrons. The highest BCUT2D eigenvalue weighted by molar-refractivity contribution is 7.99. The summed E-state index contributed by atoms with van der Waals surface area (Å²) in [7, 11) is 1.70. The van der Waals surface area contributed by atoms with Crippen LogP contribution in [-0.4, -0.2) is 85.4 Å². The second kappa shape index (κ2) is 12.5. The highest BCUT2D eigenvalue weighted by Crippen LogP contribution is 2.33. The van der Waals surface area contributed by atoms with Crippen molar-refractivity contribution in [1.29, 1.82) is 0 Å². The Labute approximate surface area is 189 Å². The monoisotopic (exact) mass is 449 g/mol. The number of hydrogen-bond acceptors (Lipinski definition) is 8. The number of anilines is 1. The van der Waals surface area contributed by atoms with E-state index in [1.807, 2.05) is 43.8 Å². The Hall–Kier alpha value is -1.58. The lowest BCUT2D eigenvalue weighted by atomic mass is 10.1. The number of benzene rings is 1. The smallest absolute Gasteiger partial charge is 0.232 e. The van der Waals surface area contributed by atoms with Gasteiger partial charge in [-0.15, -0.1) is 0 Å². The first-order chi connectivity index (χ1) is 15.1. The van der Waals surface area contributed by atoms with E-state index < -0.39 is 6.10 Å². The second-order valence-corrected chi connectivity index (χ2v) is 9.27. The largest absolute Gasteiger partial charge is 0.389 e. The zero-order valence-corrected chi connectivity index (χ0v) is 19.6. The zero-order valence-electron chi connectivity index (χ0n) is 18.8. The first-order valence-corrected chi connectivity index (χ1v) is 12.1. The van der Waals surface area contributed by atoms with E-state index in [0.29, 0.717) is 32.8 Å². The van der Waals surface area contributed by atoms with Crippen LogP contribution in [0, 0.1) is 0 Å². The minimum absolute atomic E-state index is 0.0911. The molecule has 0 unspecified atom stereocenters. The predicted molar refractivity (Wildman–Crippen MR) is 126 cm³/mol. The number of rotatable bonds is 12. The molecule has 0 amide bonds. The van der Waals surface area contributed by atoms with E-state index in [-0.39, 0.29) is 6.10 Å². The van der Waals surface area contributed by atoms with E-state index in [0.717, 1.165) is 47.3 Å². The van der Waals surface area contributed by atoms with Crippen molar-refractivity contribution in [1.82, 2.24) is 10.1 Å². The lowest BCUT2D eigenvalue weighted by Gasteiger charge is -2.29. The maximum atomic E-state index is 10.5. The summed E-state index contributed by atoms with van der Waals surface area (Å²) >= 11 is 1.97. The van der Waals surface area contributed by atoms with E-state index in [4.69, 9.17) is 14.0 Å². The topological polar surface area (TPSA) is 71.2 Å². The standard InChI is InChI=1S/C23H35N3O4S/c1-18(2)29-17-20(27)15-25(9-12-28-3)16-21-22(19-7-5-4-6-8-19)24-30-23(21)26-10-13-31-14-11-26/h4-8,18,20,27H,9-17H2,1-3H3/t20-/m1/s1. The van der Waals surface area contributed by atoms with Crippen LogP contribution in [0.3, 0.4) is 0 Å². The molecular weight excluding hydrogens is 414 g/mol. The van der Waals surface area contributed by atoms with E-state index in [2.05, 4.69) is 27.1 Å². The Morgan fingerprint density at radius 1 is 1.23 bits per heavy atom. The lowest BCUT2D eigenvalue weighted by molar-refractivity contribution is -0.0121. The van der Waals surface area contributed by atoms with Gasteiger partial charge in [-0.1, -0.05) is 35.5 Å². The maximum Gasteiger partial charge on any atom is 0.232 e. The average molecular weight is 450 g/mol. The van der Waals surface area contributed by atoms with E-state index in [1.165, 1.54) is 0 Å². The molecule has 1 fully saturated rings. The minimum atomic E-state index is -0.575. The number of ether oxygens (including phenoxy) is 2. The molecule has 1 aliphatic heterocycles. The molecular formula is C23H35N3O4S. The summed E-state index contributed by atoms with van der Waals surface area (Å²) in [4.78, 5) is 4.48. The Morgan fingerprint density at radius 3 is 2.65 bits per heavy atom. The molecule has 1 aliphatic rings.